The van der Waals surface area contributed by atoms with Gasteiger partial charge in [-0.15, -0.1) is 0 Å². The van der Waals surface area contributed by atoms with Gasteiger partial charge in [-0.3, -0.25) is 0 Å². The van der Waals surface area contributed by atoms with E-state index in [0.29, 0.717) is 0 Å². The molecule has 0 aromatic heterocycles. The second kappa shape index (κ2) is 4.71. The van der Waals surface area contributed by atoms with Crippen LogP contribution < -0.4 is 0 Å². The van der Waals surface area contributed by atoms with Crippen LogP contribution in [0.2, 0.25) is 0 Å². The van der Waals surface area contributed by atoms with Crippen molar-refractivity contribution >= 4 is 54.9 Å². The van der Waals surface area contributed by atoms with Gasteiger partial charge in [-0.05, 0) is 24.3 Å². The summed E-state index contributed by atoms with van der Waals surface area (Å²) in [5, 5.41) is 0. The van der Waals surface area contributed by atoms with Crippen molar-refractivity contribution in [3.63, 3.8) is 0 Å². The summed E-state index contributed by atoms with van der Waals surface area (Å²) in [6, 6.07) is 7.96. The maximum Gasteiger partial charge on any atom is 0.316 e. The minimum atomic E-state index is 0. The largest absolute Gasteiger partial charge is 0.316 e. The predicted octanol–water partition coefficient (Wildman–Crippen LogP) is 2.30. The van der Waals surface area contributed by atoms with E-state index < -0.39 is 0 Å². The molecule has 0 saturated carbocycles. The Morgan fingerprint density at radius 2 is 1.00 bits per heavy atom. The topological polar surface area (TPSA) is 0 Å². The van der Waals surface area contributed by atoms with E-state index in [2.05, 4.69) is 31.9 Å². The van der Waals surface area contributed by atoms with E-state index >= 15 is 0 Å². The van der Waals surface area contributed by atoms with Crippen molar-refractivity contribution < 1.29 is 0 Å². The van der Waals surface area contributed by atoms with E-state index in [4.69, 9.17) is 0 Å². The van der Waals surface area contributed by atoms with Crippen LogP contribution in [0.3, 0.4) is 0 Å². The number of hydrogen-bond donors (Lipinski definition) is 0. The van der Waals surface area contributed by atoms with E-state index in [-0.39, 0.29) is 23.1 Å². The lowest BCUT2D eigenvalue weighted by molar-refractivity contribution is 1.61. The van der Waals surface area contributed by atoms with Crippen molar-refractivity contribution in [2.75, 3.05) is 0 Å². The summed E-state index contributed by atoms with van der Waals surface area (Å²) >= 11 is 6.65. The van der Waals surface area contributed by atoms with Crippen molar-refractivity contribution in [3.05, 3.63) is 33.2 Å². The highest BCUT2D eigenvalue weighted by Gasteiger charge is 1.83. The molecular weight excluding hydrogens is 256 g/mol. The quantitative estimate of drug-likeness (QED) is 0.629. The molecule has 0 radical (unpaired) electrons. The standard InChI is InChI=1S/C6H4Br2.Mg.2H/c7-5-1-2-6(8)4-3-5;;;/h1-4H;;;. The molecular formula is C6H6Br2Mg. The van der Waals surface area contributed by atoms with Crippen molar-refractivity contribution in [3.8, 4) is 0 Å². The zero-order valence-electron chi connectivity index (χ0n) is 4.07. The van der Waals surface area contributed by atoms with Gasteiger partial charge in [0.25, 0.3) is 0 Å². The predicted molar refractivity (Wildman–Crippen MR) is 50.4 cm³/mol. The Balaban J connectivity index is 0.000000640. The molecule has 3 heteroatoms. The lowest BCUT2D eigenvalue weighted by atomic mass is 10.4. The molecule has 1 aromatic carbocycles. The van der Waals surface area contributed by atoms with Crippen molar-refractivity contribution in [1.82, 2.24) is 0 Å². The fourth-order valence-electron chi connectivity index (χ4n) is 0.430. The molecule has 0 atom stereocenters. The van der Waals surface area contributed by atoms with Crippen molar-refractivity contribution in [2.24, 2.45) is 0 Å². The minimum Gasteiger partial charge on any atom is -0.0508 e. The molecule has 46 valence electrons. The first-order valence-electron chi connectivity index (χ1n) is 2.20. The maximum absolute atomic E-state index is 3.32. The van der Waals surface area contributed by atoms with Crippen LogP contribution in [0.15, 0.2) is 33.2 Å². The highest BCUT2D eigenvalue weighted by molar-refractivity contribution is 9.11. The fourth-order valence-corrected chi connectivity index (χ4v) is 0.958. The Morgan fingerprint density at radius 3 is 1.22 bits per heavy atom. The molecule has 0 N–H and O–H groups in total. The van der Waals surface area contributed by atoms with Crippen LogP contribution in [-0.4, -0.2) is 23.1 Å². The Kier molecular flexibility index (Phi) is 5.21. The Labute approximate surface area is 87.4 Å². The zero-order chi connectivity index (χ0) is 5.98. The van der Waals surface area contributed by atoms with E-state index in [0.717, 1.165) is 8.95 Å². The lowest BCUT2D eigenvalue weighted by Crippen LogP contribution is -1.61. The second-order valence-corrected chi connectivity index (χ2v) is 3.27. The van der Waals surface area contributed by atoms with E-state index in [9.17, 15) is 0 Å². The SMILES string of the molecule is Brc1ccc(Br)cc1.[MgH2]. The summed E-state index contributed by atoms with van der Waals surface area (Å²) in [6.07, 6.45) is 0. The number of halogens is 2. The van der Waals surface area contributed by atoms with Crippen LogP contribution >= 0.6 is 31.9 Å². The number of benzene rings is 1. The molecule has 0 amide bonds. The van der Waals surface area contributed by atoms with Crippen LogP contribution in [0.1, 0.15) is 0 Å². The Morgan fingerprint density at radius 1 is 0.778 bits per heavy atom. The van der Waals surface area contributed by atoms with Gasteiger partial charge in [-0.2, -0.15) is 0 Å². The van der Waals surface area contributed by atoms with Gasteiger partial charge in [0.15, 0.2) is 0 Å². The molecule has 0 aliphatic heterocycles. The molecule has 0 unspecified atom stereocenters. The monoisotopic (exact) mass is 260 g/mol. The van der Waals surface area contributed by atoms with Crippen LogP contribution in [0.25, 0.3) is 0 Å². The summed E-state index contributed by atoms with van der Waals surface area (Å²) in [5.74, 6) is 0. The van der Waals surface area contributed by atoms with E-state index in [1.54, 1.807) is 0 Å². The summed E-state index contributed by atoms with van der Waals surface area (Å²) in [5.41, 5.74) is 0. The minimum absolute atomic E-state index is 0. The molecule has 0 nitrogen and oxygen atoms in total. The summed E-state index contributed by atoms with van der Waals surface area (Å²) in [4.78, 5) is 0. The van der Waals surface area contributed by atoms with Gasteiger partial charge in [0, 0.05) is 8.95 Å². The molecule has 1 aromatic rings. The zero-order valence-corrected chi connectivity index (χ0v) is 7.24. The average molecular weight is 262 g/mol. The van der Waals surface area contributed by atoms with Gasteiger partial charge < -0.3 is 0 Å². The molecule has 0 bridgehead atoms. The van der Waals surface area contributed by atoms with Gasteiger partial charge in [0.2, 0.25) is 0 Å². The third-order valence-electron chi connectivity index (χ3n) is 0.804. The third kappa shape index (κ3) is 3.60. The first kappa shape index (κ1) is 9.95. The molecule has 0 heterocycles. The van der Waals surface area contributed by atoms with E-state index in [1.165, 1.54) is 0 Å². The summed E-state index contributed by atoms with van der Waals surface area (Å²) in [6.45, 7) is 0. The van der Waals surface area contributed by atoms with Crippen LogP contribution in [0, 0.1) is 0 Å². The number of hydrogen-bond acceptors (Lipinski definition) is 0. The van der Waals surface area contributed by atoms with Gasteiger partial charge in [0.05, 0.1) is 0 Å². The number of rotatable bonds is 0. The fraction of sp³-hybridized carbons (Fsp3) is 0. The first-order valence-corrected chi connectivity index (χ1v) is 3.79. The molecule has 0 fully saturated rings. The molecule has 9 heavy (non-hydrogen) atoms. The van der Waals surface area contributed by atoms with Crippen LogP contribution in [0.5, 0.6) is 0 Å². The van der Waals surface area contributed by atoms with Crippen molar-refractivity contribution in [1.29, 1.82) is 0 Å². The highest BCUT2D eigenvalue weighted by Crippen LogP contribution is 2.13. The first-order chi connectivity index (χ1) is 3.79. The van der Waals surface area contributed by atoms with Gasteiger partial charge in [0.1, 0.15) is 0 Å². The normalized spacial score (nSPS) is 8.22. The Hall–Kier alpha value is 0.946. The van der Waals surface area contributed by atoms with Crippen molar-refractivity contribution in [2.45, 2.75) is 0 Å². The molecule has 0 aliphatic rings. The average Bonchev–Trinajstić information content (AvgIpc) is 1.77. The van der Waals surface area contributed by atoms with Crippen LogP contribution in [-0.2, 0) is 0 Å². The van der Waals surface area contributed by atoms with Gasteiger partial charge in [-0.25, -0.2) is 0 Å². The lowest BCUT2D eigenvalue weighted by Gasteiger charge is -1.86. The molecule has 0 aliphatic carbocycles. The smallest absolute Gasteiger partial charge is 0.0508 e. The highest BCUT2D eigenvalue weighted by atomic mass is 79.9. The molecule has 0 saturated heterocycles. The summed E-state index contributed by atoms with van der Waals surface area (Å²) in [7, 11) is 0. The maximum atomic E-state index is 3.32. The molecule has 1 rings (SSSR count). The van der Waals surface area contributed by atoms with Gasteiger partial charge in [-0.1, -0.05) is 31.9 Å². The third-order valence-corrected chi connectivity index (χ3v) is 1.86. The van der Waals surface area contributed by atoms with Crippen LogP contribution in [0.4, 0.5) is 0 Å². The molecule has 0 spiro atoms. The van der Waals surface area contributed by atoms with Gasteiger partial charge >= 0.3 is 23.1 Å². The summed E-state index contributed by atoms with van der Waals surface area (Å²) < 4.78 is 2.22. The second-order valence-electron chi connectivity index (χ2n) is 1.44. The Bertz CT molecular complexity index is 150. The van der Waals surface area contributed by atoms with E-state index in [1.807, 2.05) is 24.3 Å².